The van der Waals surface area contributed by atoms with Crippen molar-refractivity contribution in [3.63, 3.8) is 0 Å². The third kappa shape index (κ3) is 2.82. The van der Waals surface area contributed by atoms with Crippen LogP contribution in [-0.4, -0.2) is 13.0 Å². The van der Waals surface area contributed by atoms with Crippen molar-refractivity contribution >= 4 is 17.3 Å². The number of hydrogen-bond acceptors (Lipinski definition) is 3. The number of benzene rings is 2. The maximum Gasteiger partial charge on any atom is 0.257 e. The number of carbonyl (C=O) groups is 1. The Labute approximate surface area is 110 Å². The summed E-state index contributed by atoms with van der Waals surface area (Å²) < 4.78 is 18.4. The highest BCUT2D eigenvalue weighted by Gasteiger charge is 2.12. The van der Waals surface area contributed by atoms with Gasteiger partial charge in [-0.3, -0.25) is 4.79 Å². The molecule has 0 bridgehead atoms. The van der Waals surface area contributed by atoms with Gasteiger partial charge in [0.05, 0.1) is 18.4 Å². The lowest BCUT2D eigenvalue weighted by atomic mass is 10.1. The van der Waals surface area contributed by atoms with E-state index in [0.29, 0.717) is 5.75 Å². The van der Waals surface area contributed by atoms with Gasteiger partial charge in [-0.25, -0.2) is 4.39 Å². The molecule has 0 saturated carbocycles. The van der Waals surface area contributed by atoms with Crippen molar-refractivity contribution in [3.05, 3.63) is 53.8 Å². The van der Waals surface area contributed by atoms with E-state index in [2.05, 4.69) is 5.32 Å². The molecule has 0 saturated heterocycles. The number of methoxy groups -OCH3 is 1. The molecule has 98 valence electrons. The van der Waals surface area contributed by atoms with Crippen molar-refractivity contribution in [2.24, 2.45) is 0 Å². The topological polar surface area (TPSA) is 64.3 Å². The van der Waals surface area contributed by atoms with Crippen molar-refractivity contribution in [3.8, 4) is 5.75 Å². The Hall–Kier alpha value is -2.56. The number of halogens is 1. The van der Waals surface area contributed by atoms with Crippen LogP contribution in [-0.2, 0) is 0 Å². The Balaban J connectivity index is 2.23. The van der Waals surface area contributed by atoms with Crippen LogP contribution in [0, 0.1) is 5.82 Å². The second kappa shape index (κ2) is 5.39. The van der Waals surface area contributed by atoms with Gasteiger partial charge in [-0.1, -0.05) is 12.1 Å². The maximum absolute atomic E-state index is 13.4. The summed E-state index contributed by atoms with van der Waals surface area (Å²) in [6, 6.07) is 10.6. The predicted octanol–water partition coefficient (Wildman–Crippen LogP) is 2.67. The van der Waals surface area contributed by atoms with Gasteiger partial charge in [-0.15, -0.1) is 0 Å². The zero-order valence-corrected chi connectivity index (χ0v) is 10.3. The molecule has 0 aliphatic heterocycles. The number of nitrogens with one attached hydrogen (secondary N) is 1. The van der Waals surface area contributed by atoms with Gasteiger partial charge in [0.15, 0.2) is 0 Å². The first-order valence-electron chi connectivity index (χ1n) is 5.61. The number of nitrogen functional groups attached to an aromatic ring is 1. The normalized spacial score (nSPS) is 10.0. The lowest BCUT2D eigenvalue weighted by Crippen LogP contribution is -2.14. The number of carbonyl (C=O) groups excluding carboxylic acids is 1. The standard InChI is InChI=1S/C14H13FN2O2/c1-19-9-6-7-10(12(16)8-9)14(18)17-13-5-3-2-4-11(13)15/h2-8H,16H2,1H3,(H,17,18). The second-order valence-electron chi connectivity index (χ2n) is 3.89. The molecule has 2 rings (SSSR count). The predicted molar refractivity (Wildman–Crippen MR) is 71.8 cm³/mol. The third-order valence-corrected chi connectivity index (χ3v) is 2.63. The molecular weight excluding hydrogens is 247 g/mol. The first-order valence-corrected chi connectivity index (χ1v) is 5.61. The van der Waals surface area contributed by atoms with Crippen LogP contribution in [0.3, 0.4) is 0 Å². The van der Waals surface area contributed by atoms with Crippen molar-refractivity contribution in [1.82, 2.24) is 0 Å². The molecule has 5 heteroatoms. The number of hydrogen-bond donors (Lipinski definition) is 2. The molecular formula is C14H13FN2O2. The largest absolute Gasteiger partial charge is 0.497 e. The van der Waals surface area contributed by atoms with Gasteiger partial charge in [-0.05, 0) is 24.3 Å². The summed E-state index contributed by atoms with van der Waals surface area (Å²) in [5.74, 6) is -0.409. The average molecular weight is 260 g/mol. The van der Waals surface area contributed by atoms with Crippen LogP contribution in [0.2, 0.25) is 0 Å². The SMILES string of the molecule is COc1ccc(C(=O)Nc2ccccc2F)c(N)c1. The van der Waals surface area contributed by atoms with Crippen molar-refractivity contribution < 1.29 is 13.9 Å². The van der Waals surface area contributed by atoms with Gasteiger partial charge in [-0.2, -0.15) is 0 Å². The molecule has 19 heavy (non-hydrogen) atoms. The fraction of sp³-hybridized carbons (Fsp3) is 0.0714. The summed E-state index contributed by atoms with van der Waals surface area (Å²) in [5, 5.41) is 2.47. The molecule has 0 aliphatic rings. The minimum Gasteiger partial charge on any atom is -0.497 e. The second-order valence-corrected chi connectivity index (χ2v) is 3.89. The third-order valence-electron chi connectivity index (χ3n) is 2.63. The molecule has 0 unspecified atom stereocenters. The Morgan fingerprint density at radius 1 is 1.26 bits per heavy atom. The summed E-state index contributed by atoms with van der Waals surface area (Å²) in [5.41, 5.74) is 6.41. The minimum absolute atomic E-state index is 0.114. The van der Waals surface area contributed by atoms with Crippen molar-refractivity contribution in [1.29, 1.82) is 0 Å². The summed E-state index contributed by atoms with van der Waals surface area (Å²) in [6.45, 7) is 0. The smallest absolute Gasteiger partial charge is 0.257 e. The molecule has 2 aromatic rings. The first-order chi connectivity index (χ1) is 9.11. The lowest BCUT2D eigenvalue weighted by Gasteiger charge is -2.09. The Bertz CT molecular complexity index is 614. The fourth-order valence-electron chi connectivity index (χ4n) is 1.63. The van der Waals surface area contributed by atoms with E-state index in [-0.39, 0.29) is 16.9 Å². The van der Waals surface area contributed by atoms with Gasteiger partial charge in [0.2, 0.25) is 0 Å². The van der Waals surface area contributed by atoms with Gasteiger partial charge in [0.1, 0.15) is 11.6 Å². The summed E-state index contributed by atoms with van der Waals surface area (Å²) in [7, 11) is 1.51. The summed E-state index contributed by atoms with van der Waals surface area (Å²) in [4.78, 5) is 12.0. The van der Waals surface area contributed by atoms with Crippen LogP contribution in [0.5, 0.6) is 5.75 Å². The molecule has 0 aromatic heterocycles. The highest BCUT2D eigenvalue weighted by Crippen LogP contribution is 2.21. The molecule has 0 radical (unpaired) electrons. The van der Waals surface area contributed by atoms with Crippen LogP contribution >= 0.6 is 0 Å². The molecule has 0 heterocycles. The van der Waals surface area contributed by atoms with E-state index < -0.39 is 11.7 Å². The Morgan fingerprint density at radius 2 is 2.00 bits per heavy atom. The Morgan fingerprint density at radius 3 is 2.63 bits per heavy atom. The first kappa shape index (κ1) is 12.9. The molecule has 0 spiro atoms. The quantitative estimate of drug-likeness (QED) is 0.834. The number of nitrogens with two attached hydrogens (primary N) is 1. The van der Waals surface area contributed by atoms with E-state index in [9.17, 15) is 9.18 Å². The molecule has 0 atom stereocenters. The summed E-state index contributed by atoms with van der Waals surface area (Å²) in [6.07, 6.45) is 0. The van der Waals surface area contributed by atoms with Crippen LogP contribution in [0.15, 0.2) is 42.5 Å². The van der Waals surface area contributed by atoms with E-state index in [4.69, 9.17) is 10.5 Å². The zero-order chi connectivity index (χ0) is 13.8. The highest BCUT2D eigenvalue weighted by molar-refractivity contribution is 6.07. The van der Waals surface area contributed by atoms with E-state index in [1.54, 1.807) is 18.2 Å². The van der Waals surface area contributed by atoms with Gasteiger partial charge in [0, 0.05) is 11.8 Å². The number of amides is 1. The summed E-state index contributed by atoms with van der Waals surface area (Å²) >= 11 is 0. The van der Waals surface area contributed by atoms with Crippen molar-refractivity contribution in [2.75, 3.05) is 18.2 Å². The van der Waals surface area contributed by atoms with E-state index >= 15 is 0 Å². The molecule has 1 amide bonds. The van der Waals surface area contributed by atoms with Crippen LogP contribution < -0.4 is 15.8 Å². The minimum atomic E-state index is -0.497. The average Bonchev–Trinajstić information content (AvgIpc) is 2.41. The van der Waals surface area contributed by atoms with E-state index in [1.165, 1.54) is 31.4 Å². The number of para-hydroxylation sites is 1. The monoisotopic (exact) mass is 260 g/mol. The highest BCUT2D eigenvalue weighted by atomic mass is 19.1. The molecule has 4 nitrogen and oxygen atoms in total. The van der Waals surface area contributed by atoms with Crippen LogP contribution in [0.1, 0.15) is 10.4 Å². The number of ether oxygens (including phenoxy) is 1. The van der Waals surface area contributed by atoms with E-state index in [1.807, 2.05) is 0 Å². The van der Waals surface area contributed by atoms with Crippen LogP contribution in [0.4, 0.5) is 15.8 Å². The molecule has 2 aromatic carbocycles. The van der Waals surface area contributed by atoms with Crippen LogP contribution in [0.25, 0.3) is 0 Å². The van der Waals surface area contributed by atoms with Gasteiger partial charge < -0.3 is 15.8 Å². The molecule has 0 aliphatic carbocycles. The number of rotatable bonds is 3. The maximum atomic E-state index is 13.4. The van der Waals surface area contributed by atoms with Crippen molar-refractivity contribution in [2.45, 2.75) is 0 Å². The molecule has 0 fully saturated rings. The zero-order valence-electron chi connectivity index (χ0n) is 10.3. The van der Waals surface area contributed by atoms with Gasteiger partial charge in [0.25, 0.3) is 5.91 Å². The Kier molecular flexibility index (Phi) is 3.66. The van der Waals surface area contributed by atoms with E-state index in [0.717, 1.165) is 0 Å². The fourth-order valence-corrected chi connectivity index (χ4v) is 1.63. The molecule has 3 N–H and O–H groups in total. The van der Waals surface area contributed by atoms with Gasteiger partial charge >= 0.3 is 0 Å². The lowest BCUT2D eigenvalue weighted by molar-refractivity contribution is 0.102. The number of anilines is 2.